The lowest BCUT2D eigenvalue weighted by Gasteiger charge is -2.10. The monoisotopic (exact) mass is 325 g/mol. The molecule has 0 aliphatic carbocycles. The Hall–Kier alpha value is -2.75. The summed E-state index contributed by atoms with van der Waals surface area (Å²) < 4.78 is 10.6. The van der Waals surface area contributed by atoms with Gasteiger partial charge in [-0.1, -0.05) is 38.1 Å². The van der Waals surface area contributed by atoms with E-state index in [2.05, 4.69) is 19.2 Å². The molecular weight excluding hydrogens is 302 g/mol. The van der Waals surface area contributed by atoms with E-state index in [1.165, 1.54) is 11.6 Å². The number of hydrogen-bond donors (Lipinski definition) is 1. The van der Waals surface area contributed by atoms with Crippen molar-refractivity contribution in [1.82, 2.24) is 0 Å². The van der Waals surface area contributed by atoms with Crippen molar-refractivity contribution in [2.45, 2.75) is 19.8 Å². The van der Waals surface area contributed by atoms with Crippen LogP contribution in [0.25, 0.3) is 6.08 Å². The lowest BCUT2D eigenvalue weighted by Crippen LogP contribution is -2.07. The maximum atomic E-state index is 12.1. The Morgan fingerprint density at radius 1 is 1.04 bits per heavy atom. The molecular formula is C20H23NO3. The van der Waals surface area contributed by atoms with Gasteiger partial charge in [-0.25, -0.2) is 0 Å². The summed E-state index contributed by atoms with van der Waals surface area (Å²) in [7, 11) is 3.16. The summed E-state index contributed by atoms with van der Waals surface area (Å²) in [5, 5.41) is 2.85. The summed E-state index contributed by atoms with van der Waals surface area (Å²) in [6.45, 7) is 4.27. The Morgan fingerprint density at radius 3 is 2.33 bits per heavy atom. The van der Waals surface area contributed by atoms with Gasteiger partial charge in [-0.05, 0) is 35.8 Å². The SMILES string of the molecule is COc1cccc(/C=C/C(=O)Nc2ccc(C(C)C)cc2)c1OC. The van der Waals surface area contributed by atoms with Gasteiger partial charge in [0.05, 0.1) is 14.2 Å². The van der Waals surface area contributed by atoms with E-state index in [0.29, 0.717) is 17.4 Å². The topological polar surface area (TPSA) is 47.6 Å². The molecule has 4 nitrogen and oxygen atoms in total. The van der Waals surface area contributed by atoms with Crippen LogP contribution in [-0.4, -0.2) is 20.1 Å². The third kappa shape index (κ3) is 4.38. The van der Waals surface area contributed by atoms with Crippen molar-refractivity contribution in [1.29, 1.82) is 0 Å². The molecule has 0 atom stereocenters. The summed E-state index contributed by atoms with van der Waals surface area (Å²) in [5.41, 5.74) is 2.79. The molecule has 0 fully saturated rings. The van der Waals surface area contributed by atoms with Crippen LogP contribution in [0.3, 0.4) is 0 Å². The summed E-state index contributed by atoms with van der Waals surface area (Å²) >= 11 is 0. The zero-order chi connectivity index (χ0) is 17.5. The summed E-state index contributed by atoms with van der Waals surface area (Å²) in [6, 6.07) is 13.4. The summed E-state index contributed by atoms with van der Waals surface area (Å²) in [5.74, 6) is 1.50. The van der Waals surface area contributed by atoms with Gasteiger partial charge in [-0.2, -0.15) is 0 Å². The normalized spacial score (nSPS) is 10.9. The van der Waals surface area contributed by atoms with E-state index in [0.717, 1.165) is 11.3 Å². The molecule has 126 valence electrons. The van der Waals surface area contributed by atoms with Crippen LogP contribution < -0.4 is 14.8 Å². The number of carbonyl (C=O) groups is 1. The molecule has 1 N–H and O–H groups in total. The van der Waals surface area contributed by atoms with Gasteiger partial charge in [-0.15, -0.1) is 0 Å². The van der Waals surface area contributed by atoms with Crippen LogP contribution in [0.2, 0.25) is 0 Å². The van der Waals surface area contributed by atoms with E-state index < -0.39 is 0 Å². The molecule has 0 unspecified atom stereocenters. The van der Waals surface area contributed by atoms with Crippen LogP contribution in [0.15, 0.2) is 48.5 Å². The first-order valence-electron chi connectivity index (χ1n) is 7.85. The van der Waals surface area contributed by atoms with Gasteiger partial charge in [0.1, 0.15) is 0 Å². The molecule has 0 bridgehead atoms. The van der Waals surface area contributed by atoms with Crippen molar-refractivity contribution >= 4 is 17.7 Å². The lowest BCUT2D eigenvalue weighted by atomic mass is 10.0. The fourth-order valence-electron chi connectivity index (χ4n) is 2.34. The number of rotatable bonds is 6. The molecule has 1 amide bonds. The van der Waals surface area contributed by atoms with Gasteiger partial charge in [0, 0.05) is 17.3 Å². The van der Waals surface area contributed by atoms with Crippen LogP contribution in [0, 0.1) is 0 Å². The molecule has 4 heteroatoms. The Morgan fingerprint density at radius 2 is 1.75 bits per heavy atom. The summed E-state index contributed by atoms with van der Waals surface area (Å²) in [6.07, 6.45) is 3.19. The second-order valence-corrected chi connectivity index (χ2v) is 5.68. The van der Waals surface area contributed by atoms with E-state index in [1.807, 2.05) is 42.5 Å². The first kappa shape index (κ1) is 17.6. The standard InChI is InChI=1S/C20H23NO3/c1-14(2)15-8-11-17(12-9-15)21-19(22)13-10-16-6-5-7-18(23-3)20(16)24-4/h5-14H,1-4H3,(H,21,22)/b13-10+. The molecule has 0 spiro atoms. The van der Waals surface area contributed by atoms with E-state index >= 15 is 0 Å². The van der Waals surface area contributed by atoms with E-state index in [-0.39, 0.29) is 5.91 Å². The van der Waals surface area contributed by atoms with Crippen molar-refractivity contribution in [3.05, 3.63) is 59.7 Å². The predicted molar refractivity (Wildman–Crippen MR) is 97.7 cm³/mol. The van der Waals surface area contributed by atoms with Gasteiger partial charge < -0.3 is 14.8 Å². The molecule has 0 saturated heterocycles. The second kappa shape index (κ2) is 8.20. The number of anilines is 1. The third-order valence-electron chi connectivity index (χ3n) is 3.69. The Labute approximate surface area is 143 Å². The first-order valence-corrected chi connectivity index (χ1v) is 7.85. The van der Waals surface area contributed by atoms with Crippen LogP contribution in [0.1, 0.15) is 30.9 Å². The van der Waals surface area contributed by atoms with Gasteiger partial charge in [0.2, 0.25) is 5.91 Å². The second-order valence-electron chi connectivity index (χ2n) is 5.68. The molecule has 0 aliphatic rings. The molecule has 0 heterocycles. The molecule has 0 radical (unpaired) electrons. The van der Waals surface area contributed by atoms with Crippen molar-refractivity contribution in [2.75, 3.05) is 19.5 Å². The maximum Gasteiger partial charge on any atom is 0.248 e. The number of hydrogen-bond acceptors (Lipinski definition) is 3. The van der Waals surface area contributed by atoms with E-state index in [4.69, 9.17) is 9.47 Å². The predicted octanol–water partition coefficient (Wildman–Crippen LogP) is 4.48. The Bertz CT molecular complexity index is 718. The molecule has 0 aliphatic heterocycles. The minimum atomic E-state index is -0.197. The number of benzene rings is 2. The molecule has 2 aromatic rings. The highest BCUT2D eigenvalue weighted by molar-refractivity contribution is 6.02. The van der Waals surface area contributed by atoms with Crippen molar-refractivity contribution < 1.29 is 14.3 Å². The quantitative estimate of drug-likeness (QED) is 0.797. The highest BCUT2D eigenvalue weighted by atomic mass is 16.5. The average molecular weight is 325 g/mol. The molecule has 0 saturated carbocycles. The van der Waals surface area contributed by atoms with Gasteiger partial charge in [0.15, 0.2) is 11.5 Å². The number of carbonyl (C=O) groups excluding carboxylic acids is 1. The fourth-order valence-corrected chi connectivity index (χ4v) is 2.34. The maximum absolute atomic E-state index is 12.1. The van der Waals surface area contributed by atoms with Crippen LogP contribution in [0.4, 0.5) is 5.69 Å². The van der Waals surface area contributed by atoms with Gasteiger partial charge in [-0.3, -0.25) is 4.79 Å². The largest absolute Gasteiger partial charge is 0.493 e. The molecule has 2 rings (SSSR count). The van der Waals surface area contributed by atoms with Crippen LogP contribution in [-0.2, 0) is 4.79 Å². The number of amides is 1. The van der Waals surface area contributed by atoms with Crippen molar-refractivity contribution in [3.63, 3.8) is 0 Å². The number of nitrogens with one attached hydrogen (secondary N) is 1. The molecule has 2 aromatic carbocycles. The first-order chi connectivity index (χ1) is 11.5. The van der Waals surface area contributed by atoms with Gasteiger partial charge >= 0.3 is 0 Å². The highest BCUT2D eigenvalue weighted by Gasteiger charge is 2.07. The highest BCUT2D eigenvalue weighted by Crippen LogP contribution is 2.31. The molecule has 24 heavy (non-hydrogen) atoms. The Balaban J connectivity index is 2.08. The zero-order valence-corrected chi connectivity index (χ0v) is 14.5. The van der Waals surface area contributed by atoms with Crippen LogP contribution in [0.5, 0.6) is 11.5 Å². The third-order valence-corrected chi connectivity index (χ3v) is 3.69. The number of para-hydroxylation sites is 1. The van der Waals surface area contributed by atoms with Crippen molar-refractivity contribution in [2.24, 2.45) is 0 Å². The van der Waals surface area contributed by atoms with Crippen molar-refractivity contribution in [3.8, 4) is 11.5 Å². The number of methoxy groups -OCH3 is 2. The van der Waals surface area contributed by atoms with Crippen LogP contribution >= 0.6 is 0 Å². The van der Waals surface area contributed by atoms with E-state index in [9.17, 15) is 4.79 Å². The zero-order valence-electron chi connectivity index (χ0n) is 14.5. The minimum absolute atomic E-state index is 0.197. The molecule has 0 aromatic heterocycles. The number of ether oxygens (including phenoxy) is 2. The average Bonchev–Trinajstić information content (AvgIpc) is 2.59. The Kier molecular flexibility index (Phi) is 6.01. The minimum Gasteiger partial charge on any atom is -0.493 e. The fraction of sp³-hybridized carbons (Fsp3) is 0.250. The summed E-state index contributed by atoms with van der Waals surface area (Å²) in [4.78, 5) is 12.1. The lowest BCUT2D eigenvalue weighted by molar-refractivity contribution is -0.111. The van der Waals surface area contributed by atoms with Gasteiger partial charge in [0.25, 0.3) is 0 Å². The smallest absolute Gasteiger partial charge is 0.248 e. The van der Waals surface area contributed by atoms with E-state index in [1.54, 1.807) is 20.3 Å².